The first kappa shape index (κ1) is 15.4. The highest BCUT2D eigenvalue weighted by Crippen LogP contribution is 2.35. The normalized spacial score (nSPS) is 17.8. The Hall–Kier alpha value is -1.95. The lowest BCUT2D eigenvalue weighted by atomic mass is 9.79. The standard InChI is InChI=1S/C15H21N3O3/c16-11-15(9-3-1-2-4-10-15)14(19)17-12-5-7-13(8-6-12)18(20)21/h5-8H,1-4,9-11,16H2,(H,17,19). The molecule has 1 aliphatic rings. The lowest BCUT2D eigenvalue weighted by Crippen LogP contribution is -2.42. The summed E-state index contributed by atoms with van der Waals surface area (Å²) in [6, 6.07) is 5.88. The number of nitro benzene ring substituents is 1. The highest BCUT2D eigenvalue weighted by Gasteiger charge is 2.37. The molecule has 0 saturated heterocycles. The maximum atomic E-state index is 12.6. The second-order valence-electron chi connectivity index (χ2n) is 5.66. The van der Waals surface area contributed by atoms with Crippen LogP contribution in [0.2, 0.25) is 0 Å². The summed E-state index contributed by atoms with van der Waals surface area (Å²) in [7, 11) is 0. The number of carbonyl (C=O) groups is 1. The monoisotopic (exact) mass is 291 g/mol. The van der Waals surface area contributed by atoms with Crippen LogP contribution in [-0.2, 0) is 4.79 Å². The predicted octanol–water partition coefficient (Wildman–Crippen LogP) is 2.83. The number of nitrogens with one attached hydrogen (secondary N) is 1. The van der Waals surface area contributed by atoms with Crippen molar-refractivity contribution in [1.29, 1.82) is 0 Å². The van der Waals surface area contributed by atoms with E-state index in [-0.39, 0.29) is 11.6 Å². The summed E-state index contributed by atoms with van der Waals surface area (Å²) >= 11 is 0. The summed E-state index contributed by atoms with van der Waals surface area (Å²) in [5.41, 5.74) is 5.96. The van der Waals surface area contributed by atoms with E-state index in [1.807, 2.05) is 0 Å². The van der Waals surface area contributed by atoms with Gasteiger partial charge < -0.3 is 11.1 Å². The van der Waals surface area contributed by atoms with Crippen molar-refractivity contribution in [2.24, 2.45) is 11.1 Å². The molecule has 114 valence electrons. The van der Waals surface area contributed by atoms with Gasteiger partial charge in [0, 0.05) is 24.4 Å². The van der Waals surface area contributed by atoms with Crippen LogP contribution in [-0.4, -0.2) is 17.4 Å². The maximum Gasteiger partial charge on any atom is 0.269 e. The van der Waals surface area contributed by atoms with Crippen LogP contribution in [0.1, 0.15) is 38.5 Å². The molecule has 0 aromatic heterocycles. The van der Waals surface area contributed by atoms with Crippen LogP contribution in [0.3, 0.4) is 0 Å². The van der Waals surface area contributed by atoms with Gasteiger partial charge in [-0.05, 0) is 25.0 Å². The molecule has 0 heterocycles. The van der Waals surface area contributed by atoms with Crippen molar-refractivity contribution in [3.8, 4) is 0 Å². The van der Waals surface area contributed by atoms with E-state index in [4.69, 9.17) is 5.73 Å². The van der Waals surface area contributed by atoms with Crippen molar-refractivity contribution in [1.82, 2.24) is 0 Å². The number of rotatable bonds is 4. The van der Waals surface area contributed by atoms with E-state index in [0.717, 1.165) is 38.5 Å². The minimum absolute atomic E-state index is 0.0102. The molecule has 1 aliphatic carbocycles. The zero-order valence-corrected chi connectivity index (χ0v) is 12.0. The SMILES string of the molecule is NCC1(C(=O)Nc2ccc([N+](=O)[O-])cc2)CCCCCC1. The quantitative estimate of drug-likeness (QED) is 0.506. The molecule has 1 amide bonds. The number of benzene rings is 1. The molecule has 6 nitrogen and oxygen atoms in total. The number of nitro groups is 1. The molecule has 3 N–H and O–H groups in total. The minimum atomic E-state index is -0.502. The average molecular weight is 291 g/mol. The Morgan fingerprint density at radius 1 is 1.19 bits per heavy atom. The third-order valence-corrected chi connectivity index (χ3v) is 4.27. The number of hydrogen-bond acceptors (Lipinski definition) is 4. The predicted molar refractivity (Wildman–Crippen MR) is 80.9 cm³/mol. The second-order valence-corrected chi connectivity index (χ2v) is 5.66. The second kappa shape index (κ2) is 6.67. The number of amides is 1. The molecule has 0 aliphatic heterocycles. The summed E-state index contributed by atoms with van der Waals surface area (Å²) in [5.74, 6) is -0.0687. The zero-order chi connectivity index (χ0) is 15.3. The first-order valence-corrected chi connectivity index (χ1v) is 7.33. The van der Waals surface area contributed by atoms with Gasteiger partial charge in [-0.3, -0.25) is 14.9 Å². The van der Waals surface area contributed by atoms with Crippen LogP contribution >= 0.6 is 0 Å². The first-order chi connectivity index (χ1) is 10.1. The van der Waals surface area contributed by atoms with Crippen molar-refractivity contribution < 1.29 is 9.72 Å². The summed E-state index contributed by atoms with van der Waals surface area (Å²) < 4.78 is 0. The number of carbonyl (C=O) groups excluding carboxylic acids is 1. The van der Waals surface area contributed by atoms with Gasteiger partial charge in [0.25, 0.3) is 5.69 Å². The molecule has 0 unspecified atom stereocenters. The number of nitrogens with two attached hydrogens (primary N) is 1. The van der Waals surface area contributed by atoms with Gasteiger partial charge in [0.15, 0.2) is 0 Å². The molecule has 21 heavy (non-hydrogen) atoms. The van der Waals surface area contributed by atoms with Gasteiger partial charge in [0.1, 0.15) is 0 Å². The molecule has 0 radical (unpaired) electrons. The van der Waals surface area contributed by atoms with Gasteiger partial charge >= 0.3 is 0 Å². The van der Waals surface area contributed by atoms with E-state index >= 15 is 0 Å². The summed E-state index contributed by atoms with van der Waals surface area (Å²) in [4.78, 5) is 22.7. The molecule has 1 aromatic carbocycles. The summed E-state index contributed by atoms with van der Waals surface area (Å²) in [6.45, 7) is 0.339. The fraction of sp³-hybridized carbons (Fsp3) is 0.533. The molecule has 0 atom stereocenters. The number of non-ortho nitro benzene ring substituents is 1. The Bertz CT molecular complexity index is 505. The number of nitrogens with zero attached hydrogens (tertiary/aromatic N) is 1. The highest BCUT2D eigenvalue weighted by atomic mass is 16.6. The average Bonchev–Trinajstić information content (AvgIpc) is 2.74. The van der Waals surface area contributed by atoms with Crippen LogP contribution < -0.4 is 11.1 Å². The molecule has 1 aromatic rings. The Balaban J connectivity index is 2.09. The fourth-order valence-corrected chi connectivity index (χ4v) is 2.86. The van der Waals surface area contributed by atoms with Gasteiger partial charge in [-0.15, -0.1) is 0 Å². The van der Waals surface area contributed by atoms with Crippen molar-refractivity contribution in [3.63, 3.8) is 0 Å². The van der Waals surface area contributed by atoms with Crippen molar-refractivity contribution in [2.75, 3.05) is 11.9 Å². The third kappa shape index (κ3) is 3.58. The molecule has 0 spiro atoms. The van der Waals surface area contributed by atoms with E-state index in [1.165, 1.54) is 12.1 Å². The maximum absolute atomic E-state index is 12.6. The highest BCUT2D eigenvalue weighted by molar-refractivity contribution is 5.95. The van der Waals surface area contributed by atoms with E-state index in [1.54, 1.807) is 12.1 Å². The van der Waals surface area contributed by atoms with Crippen LogP contribution in [0.25, 0.3) is 0 Å². The van der Waals surface area contributed by atoms with Crippen molar-refractivity contribution >= 4 is 17.3 Å². The number of hydrogen-bond donors (Lipinski definition) is 2. The lowest BCUT2D eigenvalue weighted by Gasteiger charge is -2.29. The zero-order valence-electron chi connectivity index (χ0n) is 12.0. The van der Waals surface area contributed by atoms with Gasteiger partial charge in [-0.1, -0.05) is 25.7 Å². The molecule has 2 rings (SSSR count). The third-order valence-electron chi connectivity index (χ3n) is 4.27. The topological polar surface area (TPSA) is 98.3 Å². The molecular formula is C15H21N3O3. The Kier molecular flexibility index (Phi) is 4.90. The van der Waals surface area contributed by atoms with Crippen LogP contribution in [0.5, 0.6) is 0 Å². The fourth-order valence-electron chi connectivity index (χ4n) is 2.86. The van der Waals surface area contributed by atoms with E-state index < -0.39 is 10.3 Å². The van der Waals surface area contributed by atoms with Crippen molar-refractivity contribution in [2.45, 2.75) is 38.5 Å². The van der Waals surface area contributed by atoms with E-state index in [9.17, 15) is 14.9 Å². The number of anilines is 1. The minimum Gasteiger partial charge on any atom is -0.329 e. The van der Waals surface area contributed by atoms with Crippen LogP contribution in [0.4, 0.5) is 11.4 Å². The van der Waals surface area contributed by atoms with Crippen LogP contribution in [0.15, 0.2) is 24.3 Å². The Labute approximate surface area is 123 Å². The molecular weight excluding hydrogens is 270 g/mol. The van der Waals surface area contributed by atoms with E-state index in [2.05, 4.69) is 5.32 Å². The Morgan fingerprint density at radius 3 is 2.24 bits per heavy atom. The van der Waals surface area contributed by atoms with Gasteiger partial charge in [0.2, 0.25) is 5.91 Å². The molecule has 1 fully saturated rings. The van der Waals surface area contributed by atoms with Crippen molar-refractivity contribution in [3.05, 3.63) is 34.4 Å². The lowest BCUT2D eigenvalue weighted by molar-refractivity contribution is -0.384. The molecule has 1 saturated carbocycles. The smallest absolute Gasteiger partial charge is 0.269 e. The molecule has 6 heteroatoms. The summed E-state index contributed by atoms with van der Waals surface area (Å²) in [5, 5.41) is 13.5. The van der Waals surface area contributed by atoms with Gasteiger partial charge in [0.05, 0.1) is 10.3 Å². The Morgan fingerprint density at radius 2 is 1.76 bits per heavy atom. The van der Waals surface area contributed by atoms with Crippen LogP contribution in [0, 0.1) is 15.5 Å². The largest absolute Gasteiger partial charge is 0.329 e. The van der Waals surface area contributed by atoms with E-state index in [0.29, 0.717) is 12.2 Å². The molecule has 0 bridgehead atoms. The van der Waals surface area contributed by atoms with Gasteiger partial charge in [-0.25, -0.2) is 0 Å². The summed E-state index contributed by atoms with van der Waals surface area (Å²) in [6.07, 6.45) is 5.94. The van der Waals surface area contributed by atoms with Gasteiger partial charge in [-0.2, -0.15) is 0 Å². The first-order valence-electron chi connectivity index (χ1n) is 7.33.